The predicted octanol–water partition coefficient (Wildman–Crippen LogP) is 3.43. The van der Waals surface area contributed by atoms with Crippen molar-refractivity contribution in [3.05, 3.63) is 71.8 Å². The maximum atomic E-state index is 12.6. The Balaban J connectivity index is 1.54. The number of esters is 1. The van der Waals surface area contributed by atoms with Gasteiger partial charge in [0.1, 0.15) is 19.3 Å². The highest BCUT2D eigenvalue weighted by Crippen LogP contribution is 2.12. The van der Waals surface area contributed by atoms with E-state index in [0.717, 1.165) is 37.1 Å². The van der Waals surface area contributed by atoms with Gasteiger partial charge in [-0.25, -0.2) is 9.59 Å². The standard InChI is InChI=1S/C24H28N2O5/c27-22(26-15-7-8-16-26)14-13-21(23(28)30-17-19-9-3-1-4-10-19)25-24(29)31-18-20-11-5-2-6-12-20/h1-6,9-12,21H,7-8,13-18H2,(H,25,29)/t21-/m0/s1. The second kappa shape index (κ2) is 11.7. The minimum atomic E-state index is -0.960. The summed E-state index contributed by atoms with van der Waals surface area (Å²) in [5.74, 6) is -0.604. The molecule has 7 heteroatoms. The van der Waals surface area contributed by atoms with Crippen molar-refractivity contribution in [2.24, 2.45) is 0 Å². The Morgan fingerprint density at radius 2 is 1.39 bits per heavy atom. The highest BCUT2D eigenvalue weighted by molar-refractivity contribution is 5.83. The molecule has 1 aliphatic heterocycles. The van der Waals surface area contributed by atoms with Crippen molar-refractivity contribution in [2.75, 3.05) is 13.1 Å². The average molecular weight is 424 g/mol. The number of carbonyl (C=O) groups is 3. The number of benzene rings is 2. The maximum absolute atomic E-state index is 12.6. The second-order valence-electron chi connectivity index (χ2n) is 7.48. The Labute approximate surface area is 182 Å². The summed E-state index contributed by atoms with van der Waals surface area (Å²) in [5, 5.41) is 2.56. The fourth-order valence-corrected chi connectivity index (χ4v) is 3.38. The molecule has 0 aromatic heterocycles. The third kappa shape index (κ3) is 7.44. The van der Waals surface area contributed by atoms with Gasteiger partial charge in [0.15, 0.2) is 0 Å². The number of ether oxygens (including phenoxy) is 2. The number of nitrogens with zero attached hydrogens (tertiary/aromatic N) is 1. The van der Waals surface area contributed by atoms with E-state index in [0.29, 0.717) is 0 Å². The smallest absolute Gasteiger partial charge is 0.408 e. The van der Waals surface area contributed by atoms with Gasteiger partial charge in [0.2, 0.25) is 5.91 Å². The van der Waals surface area contributed by atoms with Crippen molar-refractivity contribution >= 4 is 18.0 Å². The summed E-state index contributed by atoms with van der Waals surface area (Å²) >= 11 is 0. The van der Waals surface area contributed by atoms with Crippen molar-refractivity contribution in [1.29, 1.82) is 0 Å². The van der Waals surface area contributed by atoms with Crippen LogP contribution in [0.15, 0.2) is 60.7 Å². The molecule has 2 amide bonds. The zero-order valence-corrected chi connectivity index (χ0v) is 17.5. The third-order valence-corrected chi connectivity index (χ3v) is 5.12. The number of carbonyl (C=O) groups excluding carboxylic acids is 3. The van der Waals surface area contributed by atoms with Gasteiger partial charge in [-0.15, -0.1) is 0 Å². The van der Waals surface area contributed by atoms with Gasteiger partial charge < -0.3 is 19.7 Å². The number of hydrogen-bond donors (Lipinski definition) is 1. The van der Waals surface area contributed by atoms with E-state index in [2.05, 4.69) is 5.32 Å². The lowest BCUT2D eigenvalue weighted by atomic mass is 10.1. The van der Waals surface area contributed by atoms with E-state index < -0.39 is 18.1 Å². The van der Waals surface area contributed by atoms with Crippen LogP contribution in [0.25, 0.3) is 0 Å². The molecule has 0 unspecified atom stereocenters. The van der Waals surface area contributed by atoms with E-state index >= 15 is 0 Å². The molecule has 7 nitrogen and oxygen atoms in total. The zero-order chi connectivity index (χ0) is 21.9. The normalized spacial score (nSPS) is 14.0. The van der Waals surface area contributed by atoms with Gasteiger partial charge in [-0.3, -0.25) is 4.79 Å². The van der Waals surface area contributed by atoms with Gasteiger partial charge in [-0.2, -0.15) is 0 Å². The Kier molecular flexibility index (Phi) is 8.46. The summed E-state index contributed by atoms with van der Waals surface area (Å²) in [4.78, 5) is 39.1. The zero-order valence-electron chi connectivity index (χ0n) is 17.5. The third-order valence-electron chi connectivity index (χ3n) is 5.12. The van der Waals surface area contributed by atoms with Crippen molar-refractivity contribution in [1.82, 2.24) is 10.2 Å². The van der Waals surface area contributed by atoms with Crippen LogP contribution < -0.4 is 5.32 Å². The van der Waals surface area contributed by atoms with Gasteiger partial charge in [-0.1, -0.05) is 60.7 Å². The van der Waals surface area contributed by atoms with E-state index in [4.69, 9.17) is 9.47 Å². The molecule has 0 aliphatic carbocycles. The van der Waals surface area contributed by atoms with Crippen LogP contribution in [0.2, 0.25) is 0 Å². The first-order valence-electron chi connectivity index (χ1n) is 10.6. The van der Waals surface area contributed by atoms with E-state index in [-0.39, 0.29) is 32.0 Å². The molecular weight excluding hydrogens is 396 g/mol. The van der Waals surface area contributed by atoms with E-state index in [1.54, 1.807) is 4.90 Å². The molecule has 1 atom stereocenters. The molecule has 1 heterocycles. The molecule has 1 N–H and O–H groups in total. The van der Waals surface area contributed by atoms with Crippen molar-refractivity contribution in [2.45, 2.75) is 44.9 Å². The lowest BCUT2D eigenvalue weighted by Gasteiger charge is -2.20. The highest BCUT2D eigenvalue weighted by Gasteiger charge is 2.26. The summed E-state index contributed by atoms with van der Waals surface area (Å²) in [5.41, 5.74) is 1.68. The molecule has 1 fully saturated rings. The molecule has 0 saturated carbocycles. The van der Waals surface area contributed by atoms with Gasteiger partial charge in [0, 0.05) is 19.5 Å². The summed E-state index contributed by atoms with van der Waals surface area (Å²) in [6.07, 6.45) is 1.59. The fourth-order valence-electron chi connectivity index (χ4n) is 3.38. The first-order chi connectivity index (χ1) is 15.1. The molecule has 0 bridgehead atoms. The van der Waals surface area contributed by atoms with Crippen LogP contribution in [0.3, 0.4) is 0 Å². The average Bonchev–Trinajstić information content (AvgIpc) is 3.35. The number of likely N-dealkylation sites (tertiary alicyclic amines) is 1. The lowest BCUT2D eigenvalue weighted by Crippen LogP contribution is -2.43. The Bertz CT molecular complexity index is 851. The van der Waals surface area contributed by atoms with E-state index in [1.807, 2.05) is 60.7 Å². The van der Waals surface area contributed by atoms with Gasteiger partial charge in [0.25, 0.3) is 0 Å². The maximum Gasteiger partial charge on any atom is 0.408 e. The van der Waals surface area contributed by atoms with Crippen molar-refractivity contribution in [3.63, 3.8) is 0 Å². The predicted molar refractivity (Wildman–Crippen MR) is 115 cm³/mol. The van der Waals surface area contributed by atoms with Crippen molar-refractivity contribution < 1.29 is 23.9 Å². The van der Waals surface area contributed by atoms with Gasteiger partial charge in [-0.05, 0) is 30.4 Å². The van der Waals surface area contributed by atoms with Crippen LogP contribution in [0.4, 0.5) is 4.79 Å². The van der Waals surface area contributed by atoms with Gasteiger partial charge >= 0.3 is 12.1 Å². The molecule has 0 radical (unpaired) electrons. The Morgan fingerprint density at radius 3 is 1.97 bits per heavy atom. The topological polar surface area (TPSA) is 84.9 Å². The lowest BCUT2D eigenvalue weighted by molar-refractivity contribution is -0.147. The quantitative estimate of drug-likeness (QED) is 0.624. The molecule has 2 aromatic carbocycles. The summed E-state index contributed by atoms with van der Waals surface area (Å²) < 4.78 is 10.6. The molecule has 164 valence electrons. The Hall–Kier alpha value is -3.35. The largest absolute Gasteiger partial charge is 0.459 e. The fraction of sp³-hybridized carbons (Fsp3) is 0.375. The van der Waals surface area contributed by atoms with Crippen LogP contribution >= 0.6 is 0 Å². The highest BCUT2D eigenvalue weighted by atomic mass is 16.6. The number of nitrogens with one attached hydrogen (secondary N) is 1. The first kappa shape index (κ1) is 22.3. The van der Waals surface area contributed by atoms with E-state index in [1.165, 1.54) is 0 Å². The van der Waals surface area contributed by atoms with Crippen LogP contribution in [0.1, 0.15) is 36.8 Å². The molecule has 1 aliphatic rings. The SMILES string of the molecule is O=C(N[C@@H](CCC(=O)N1CCCC1)C(=O)OCc1ccccc1)OCc1ccccc1. The molecule has 2 aromatic rings. The molecule has 1 saturated heterocycles. The van der Waals surface area contributed by atoms with Crippen LogP contribution in [-0.2, 0) is 32.3 Å². The molecule has 31 heavy (non-hydrogen) atoms. The van der Waals surface area contributed by atoms with Crippen LogP contribution in [-0.4, -0.2) is 42.0 Å². The first-order valence-corrected chi connectivity index (χ1v) is 10.6. The van der Waals surface area contributed by atoms with Crippen molar-refractivity contribution in [3.8, 4) is 0 Å². The van der Waals surface area contributed by atoms with Crippen LogP contribution in [0, 0.1) is 0 Å². The number of hydrogen-bond acceptors (Lipinski definition) is 5. The van der Waals surface area contributed by atoms with Crippen LogP contribution in [0.5, 0.6) is 0 Å². The van der Waals surface area contributed by atoms with E-state index in [9.17, 15) is 14.4 Å². The summed E-state index contributed by atoms with van der Waals surface area (Å²) in [6, 6.07) is 17.6. The summed E-state index contributed by atoms with van der Waals surface area (Å²) in [7, 11) is 0. The number of rotatable bonds is 9. The monoisotopic (exact) mass is 424 g/mol. The summed E-state index contributed by atoms with van der Waals surface area (Å²) in [6.45, 7) is 1.67. The Morgan fingerprint density at radius 1 is 0.839 bits per heavy atom. The molecule has 0 spiro atoms. The second-order valence-corrected chi connectivity index (χ2v) is 7.48. The molecular formula is C24H28N2O5. The van der Waals surface area contributed by atoms with Gasteiger partial charge in [0.05, 0.1) is 0 Å². The molecule has 3 rings (SSSR count). The minimum Gasteiger partial charge on any atom is -0.459 e. The minimum absolute atomic E-state index is 0.0159. The number of alkyl carbamates (subject to hydrolysis) is 1. The number of amides is 2.